The standard InChI is InChI=1S/C23H22BrNO5S2/c1-2-29-18-13-16(14-19-22(28)25(23(31)32-19)10-8-20(26)27)12-17(24)21(18)30-11-9-15-6-4-3-5-7-15/h3-7,12-14H,2,8-11H2,1H3,(H,26,27)/b19-14-. The van der Waals surface area contributed by atoms with E-state index >= 15 is 0 Å². The molecule has 0 aliphatic carbocycles. The van der Waals surface area contributed by atoms with Crippen LogP contribution >= 0.6 is 39.9 Å². The Hall–Kier alpha value is -2.36. The Balaban J connectivity index is 1.77. The highest BCUT2D eigenvalue weighted by Crippen LogP contribution is 2.39. The molecule has 0 atom stereocenters. The van der Waals surface area contributed by atoms with Gasteiger partial charge in [0.25, 0.3) is 5.91 Å². The number of thiocarbonyl (C=S) groups is 1. The number of carboxylic acids is 1. The normalized spacial score (nSPS) is 14.8. The number of ether oxygens (including phenoxy) is 2. The summed E-state index contributed by atoms with van der Waals surface area (Å²) < 4.78 is 12.9. The van der Waals surface area contributed by atoms with Crippen LogP contribution in [0.1, 0.15) is 24.5 Å². The van der Waals surface area contributed by atoms with E-state index in [0.29, 0.717) is 38.4 Å². The van der Waals surface area contributed by atoms with Crippen LogP contribution < -0.4 is 9.47 Å². The van der Waals surface area contributed by atoms with Gasteiger partial charge in [0.1, 0.15) is 4.32 Å². The van der Waals surface area contributed by atoms with Gasteiger partial charge in [0.15, 0.2) is 11.5 Å². The summed E-state index contributed by atoms with van der Waals surface area (Å²) >= 11 is 9.96. The molecule has 2 aromatic carbocycles. The van der Waals surface area contributed by atoms with Crippen LogP contribution in [0.4, 0.5) is 0 Å². The van der Waals surface area contributed by atoms with Gasteiger partial charge in [0.05, 0.1) is 29.0 Å². The molecule has 0 unspecified atom stereocenters. The Morgan fingerprint density at radius 1 is 1.25 bits per heavy atom. The molecule has 0 bridgehead atoms. The topological polar surface area (TPSA) is 76.1 Å². The van der Waals surface area contributed by atoms with Crippen molar-refractivity contribution in [2.45, 2.75) is 19.8 Å². The number of amides is 1. The molecule has 0 spiro atoms. The number of rotatable bonds is 10. The van der Waals surface area contributed by atoms with Gasteiger partial charge < -0.3 is 14.6 Å². The molecule has 0 radical (unpaired) electrons. The number of halogens is 1. The van der Waals surface area contributed by atoms with E-state index in [4.69, 9.17) is 26.8 Å². The maximum absolute atomic E-state index is 12.7. The Bertz CT molecular complexity index is 1040. The SMILES string of the molecule is CCOc1cc(/C=C2\SC(=S)N(CCC(=O)O)C2=O)cc(Br)c1OCCc1ccccc1. The van der Waals surface area contributed by atoms with Crippen molar-refractivity contribution in [3.63, 3.8) is 0 Å². The van der Waals surface area contributed by atoms with Gasteiger partial charge >= 0.3 is 5.97 Å². The molecule has 6 nitrogen and oxygen atoms in total. The summed E-state index contributed by atoms with van der Waals surface area (Å²) in [6.07, 6.45) is 2.33. The van der Waals surface area contributed by atoms with Gasteiger partial charge in [-0.1, -0.05) is 54.3 Å². The van der Waals surface area contributed by atoms with Crippen molar-refractivity contribution < 1.29 is 24.2 Å². The number of aliphatic carboxylic acids is 1. The fourth-order valence-corrected chi connectivity index (χ4v) is 4.92. The lowest BCUT2D eigenvalue weighted by molar-refractivity contribution is -0.137. The first-order chi connectivity index (χ1) is 15.4. The van der Waals surface area contributed by atoms with Crippen LogP contribution in [0.2, 0.25) is 0 Å². The van der Waals surface area contributed by atoms with Gasteiger partial charge in [-0.3, -0.25) is 14.5 Å². The summed E-state index contributed by atoms with van der Waals surface area (Å²) in [4.78, 5) is 25.2. The maximum Gasteiger partial charge on any atom is 0.305 e. The van der Waals surface area contributed by atoms with Crippen LogP contribution in [0.15, 0.2) is 51.8 Å². The van der Waals surface area contributed by atoms with Crippen LogP contribution in [-0.2, 0) is 16.0 Å². The first-order valence-electron chi connectivity index (χ1n) is 9.99. The number of carbonyl (C=O) groups excluding carboxylic acids is 1. The predicted octanol–water partition coefficient (Wildman–Crippen LogP) is 5.15. The van der Waals surface area contributed by atoms with E-state index in [-0.39, 0.29) is 18.9 Å². The minimum absolute atomic E-state index is 0.0550. The van der Waals surface area contributed by atoms with Gasteiger partial charge in [-0.15, -0.1) is 0 Å². The molecular weight excluding hydrogens is 514 g/mol. The second kappa shape index (κ2) is 11.5. The smallest absolute Gasteiger partial charge is 0.305 e. The van der Waals surface area contributed by atoms with E-state index in [1.165, 1.54) is 10.5 Å². The Kier molecular flexibility index (Phi) is 8.72. The Morgan fingerprint density at radius 3 is 2.69 bits per heavy atom. The van der Waals surface area contributed by atoms with Crippen LogP contribution in [0.3, 0.4) is 0 Å². The summed E-state index contributed by atoms with van der Waals surface area (Å²) in [5.41, 5.74) is 1.93. The molecule has 168 valence electrons. The molecule has 1 heterocycles. The molecule has 1 saturated heterocycles. The molecule has 1 aliphatic rings. The number of nitrogens with zero attached hydrogens (tertiary/aromatic N) is 1. The third-order valence-corrected chi connectivity index (χ3v) is 6.50. The fourth-order valence-electron chi connectivity index (χ4n) is 3.04. The molecule has 9 heteroatoms. The van der Waals surface area contributed by atoms with Crippen molar-refractivity contribution in [1.82, 2.24) is 4.90 Å². The largest absolute Gasteiger partial charge is 0.490 e. The summed E-state index contributed by atoms with van der Waals surface area (Å²) in [7, 11) is 0. The average molecular weight is 536 g/mol. The molecule has 1 aliphatic heterocycles. The predicted molar refractivity (Wildman–Crippen MR) is 133 cm³/mol. The van der Waals surface area contributed by atoms with Crippen molar-refractivity contribution in [3.05, 3.63) is 63.0 Å². The minimum Gasteiger partial charge on any atom is -0.490 e. The molecule has 1 amide bonds. The Morgan fingerprint density at radius 2 is 2.00 bits per heavy atom. The number of carbonyl (C=O) groups is 2. The van der Waals surface area contributed by atoms with Crippen LogP contribution in [0.5, 0.6) is 11.5 Å². The van der Waals surface area contributed by atoms with Gasteiger partial charge in [0, 0.05) is 13.0 Å². The molecule has 0 aromatic heterocycles. The second-order valence-electron chi connectivity index (χ2n) is 6.82. The van der Waals surface area contributed by atoms with Crippen molar-refractivity contribution in [3.8, 4) is 11.5 Å². The number of thioether (sulfide) groups is 1. The zero-order chi connectivity index (χ0) is 23.1. The molecule has 32 heavy (non-hydrogen) atoms. The summed E-state index contributed by atoms with van der Waals surface area (Å²) in [6, 6.07) is 13.7. The van der Waals surface area contributed by atoms with Gasteiger partial charge in [-0.25, -0.2) is 0 Å². The highest BCUT2D eigenvalue weighted by atomic mass is 79.9. The molecule has 3 rings (SSSR count). The van der Waals surface area contributed by atoms with Crippen molar-refractivity contribution >= 4 is 62.2 Å². The highest BCUT2D eigenvalue weighted by molar-refractivity contribution is 9.10. The van der Waals surface area contributed by atoms with Gasteiger partial charge in [0.2, 0.25) is 0 Å². The second-order valence-corrected chi connectivity index (χ2v) is 9.35. The lowest BCUT2D eigenvalue weighted by Crippen LogP contribution is -2.30. The van der Waals surface area contributed by atoms with Crippen molar-refractivity contribution in [1.29, 1.82) is 0 Å². The fraction of sp³-hybridized carbons (Fsp3) is 0.261. The van der Waals surface area contributed by atoms with Gasteiger partial charge in [-0.05, 0) is 52.2 Å². The molecule has 1 fully saturated rings. The van der Waals surface area contributed by atoms with Crippen LogP contribution in [0, 0.1) is 0 Å². The number of benzene rings is 2. The van der Waals surface area contributed by atoms with E-state index in [1.54, 1.807) is 6.08 Å². The van der Waals surface area contributed by atoms with Crippen LogP contribution in [-0.4, -0.2) is 46.0 Å². The monoisotopic (exact) mass is 535 g/mol. The first kappa shape index (κ1) is 24.3. The quantitative estimate of drug-likeness (QED) is 0.333. The first-order valence-corrected chi connectivity index (χ1v) is 12.0. The number of hydrogen-bond acceptors (Lipinski definition) is 6. The number of carboxylic acid groups (broad SMARTS) is 1. The van der Waals surface area contributed by atoms with E-state index < -0.39 is 5.97 Å². The van der Waals surface area contributed by atoms with E-state index in [0.717, 1.165) is 23.7 Å². The lowest BCUT2D eigenvalue weighted by Gasteiger charge is -2.15. The third-order valence-electron chi connectivity index (χ3n) is 4.53. The molecule has 1 N–H and O–H groups in total. The average Bonchev–Trinajstić information content (AvgIpc) is 3.01. The summed E-state index contributed by atoms with van der Waals surface area (Å²) in [5, 5.41) is 8.88. The third kappa shape index (κ3) is 6.34. The van der Waals surface area contributed by atoms with Crippen molar-refractivity contribution in [2.75, 3.05) is 19.8 Å². The zero-order valence-corrected chi connectivity index (χ0v) is 20.6. The van der Waals surface area contributed by atoms with Crippen LogP contribution in [0.25, 0.3) is 6.08 Å². The van der Waals surface area contributed by atoms with E-state index in [1.807, 2.05) is 37.3 Å². The number of hydrogen-bond donors (Lipinski definition) is 1. The lowest BCUT2D eigenvalue weighted by atomic mass is 10.1. The highest BCUT2D eigenvalue weighted by Gasteiger charge is 2.32. The Labute approximate surface area is 204 Å². The molecule has 2 aromatic rings. The molecular formula is C23H22BrNO5S2. The van der Waals surface area contributed by atoms with Gasteiger partial charge in [-0.2, -0.15) is 0 Å². The maximum atomic E-state index is 12.7. The van der Waals surface area contributed by atoms with E-state index in [9.17, 15) is 9.59 Å². The van der Waals surface area contributed by atoms with Crippen molar-refractivity contribution in [2.24, 2.45) is 0 Å². The minimum atomic E-state index is -0.976. The summed E-state index contributed by atoms with van der Waals surface area (Å²) in [5.74, 6) is -0.0915. The van der Waals surface area contributed by atoms with E-state index in [2.05, 4.69) is 28.1 Å². The summed E-state index contributed by atoms with van der Waals surface area (Å²) in [6.45, 7) is 2.90. The zero-order valence-electron chi connectivity index (χ0n) is 17.4. The molecule has 0 saturated carbocycles.